The molecule has 0 saturated heterocycles. The van der Waals surface area contributed by atoms with Gasteiger partial charge < -0.3 is 4.74 Å². The van der Waals surface area contributed by atoms with E-state index in [1.807, 2.05) is 32.0 Å². The maximum Gasteiger partial charge on any atom is 0.262 e. The van der Waals surface area contributed by atoms with Gasteiger partial charge in [0, 0.05) is 4.88 Å². The molecule has 0 bridgehead atoms. The molecule has 0 unspecified atom stereocenters. The number of hydrazone groups is 1. The molecule has 0 spiro atoms. The molecule has 0 aliphatic carbocycles. The summed E-state index contributed by atoms with van der Waals surface area (Å²) in [5, 5.41) is 4.48. The number of benzene rings is 1. The molecule has 2 aromatic heterocycles. The van der Waals surface area contributed by atoms with Crippen molar-refractivity contribution in [2.24, 2.45) is 5.10 Å². The van der Waals surface area contributed by atoms with Crippen molar-refractivity contribution in [2.75, 3.05) is 7.11 Å². The van der Waals surface area contributed by atoms with Crippen molar-refractivity contribution in [3.05, 3.63) is 57.0 Å². The Labute approximate surface area is 154 Å². The largest absolute Gasteiger partial charge is 0.497 e. The minimum Gasteiger partial charge on any atom is -0.497 e. The third-order valence-corrected chi connectivity index (χ3v) is 5.08. The van der Waals surface area contributed by atoms with Crippen molar-refractivity contribution in [3.63, 3.8) is 0 Å². The number of hydrogen-bond acceptors (Lipinski definition) is 6. The molecule has 7 nitrogen and oxygen atoms in total. The van der Waals surface area contributed by atoms with Gasteiger partial charge in [-0.3, -0.25) is 14.2 Å². The molecule has 134 valence electrons. The number of carbonyl (C=O) groups excluding carboxylic acids is 1. The molecule has 2 heterocycles. The molecule has 1 N–H and O–H groups in total. The normalized spacial score (nSPS) is 11.2. The van der Waals surface area contributed by atoms with E-state index in [1.54, 1.807) is 13.2 Å². The maximum absolute atomic E-state index is 12.6. The van der Waals surface area contributed by atoms with Gasteiger partial charge in [-0.15, -0.1) is 11.3 Å². The Hall–Kier alpha value is -3.00. The van der Waals surface area contributed by atoms with Crippen LogP contribution in [0, 0.1) is 13.8 Å². The van der Waals surface area contributed by atoms with E-state index in [0.717, 1.165) is 16.0 Å². The van der Waals surface area contributed by atoms with Crippen LogP contribution in [0.3, 0.4) is 0 Å². The van der Waals surface area contributed by atoms with Crippen LogP contribution in [0.25, 0.3) is 10.2 Å². The molecule has 1 amide bonds. The molecule has 0 aliphatic rings. The zero-order chi connectivity index (χ0) is 18.7. The van der Waals surface area contributed by atoms with Crippen LogP contribution in [-0.4, -0.2) is 28.8 Å². The van der Waals surface area contributed by atoms with Crippen LogP contribution in [0.2, 0.25) is 0 Å². The van der Waals surface area contributed by atoms with Gasteiger partial charge in [0.1, 0.15) is 17.1 Å². The van der Waals surface area contributed by atoms with Crippen molar-refractivity contribution < 1.29 is 9.53 Å². The monoisotopic (exact) mass is 370 g/mol. The van der Waals surface area contributed by atoms with Crippen LogP contribution >= 0.6 is 11.3 Å². The SMILES string of the molecule is COc1cccc(C=NNC(=O)Cn2cnc3sc(C)c(C)c3c2=O)c1. The number of ether oxygens (including phenoxy) is 1. The first kappa shape index (κ1) is 17.8. The molecule has 0 radical (unpaired) electrons. The number of nitrogens with one attached hydrogen (secondary N) is 1. The molecule has 0 fully saturated rings. The van der Waals surface area contributed by atoms with Gasteiger partial charge in [-0.05, 0) is 37.1 Å². The zero-order valence-electron chi connectivity index (χ0n) is 14.6. The molecule has 0 aliphatic heterocycles. The highest BCUT2D eigenvalue weighted by atomic mass is 32.1. The quantitative estimate of drug-likeness (QED) is 0.551. The van der Waals surface area contributed by atoms with Crippen molar-refractivity contribution in [2.45, 2.75) is 20.4 Å². The second-order valence-electron chi connectivity index (χ2n) is 5.71. The molecule has 3 aromatic rings. The number of rotatable bonds is 5. The first-order valence-corrected chi connectivity index (χ1v) is 8.72. The lowest BCUT2D eigenvalue weighted by Gasteiger charge is -2.04. The predicted molar refractivity (Wildman–Crippen MR) is 102 cm³/mol. The summed E-state index contributed by atoms with van der Waals surface area (Å²) in [4.78, 5) is 30.6. The Morgan fingerprint density at radius 3 is 3.00 bits per heavy atom. The van der Waals surface area contributed by atoms with Crippen LogP contribution in [0.4, 0.5) is 0 Å². The van der Waals surface area contributed by atoms with E-state index < -0.39 is 5.91 Å². The minimum absolute atomic E-state index is 0.147. The summed E-state index contributed by atoms with van der Waals surface area (Å²) in [6.07, 6.45) is 2.91. The van der Waals surface area contributed by atoms with E-state index in [0.29, 0.717) is 16.0 Å². The Bertz CT molecular complexity index is 1050. The summed E-state index contributed by atoms with van der Waals surface area (Å²) in [5.41, 5.74) is 3.90. The minimum atomic E-state index is -0.406. The zero-order valence-corrected chi connectivity index (χ0v) is 15.5. The lowest BCUT2D eigenvalue weighted by atomic mass is 10.2. The van der Waals surface area contributed by atoms with Crippen LogP contribution in [0.1, 0.15) is 16.0 Å². The second kappa shape index (κ2) is 7.49. The van der Waals surface area contributed by atoms with Gasteiger partial charge in [-0.25, -0.2) is 10.4 Å². The number of nitrogens with zero attached hydrogens (tertiary/aromatic N) is 3. The number of fused-ring (bicyclic) bond motifs is 1. The van der Waals surface area contributed by atoms with E-state index in [1.165, 1.54) is 28.4 Å². The first-order chi connectivity index (χ1) is 12.5. The highest BCUT2D eigenvalue weighted by molar-refractivity contribution is 7.18. The Balaban J connectivity index is 1.71. The predicted octanol–water partition coefficient (Wildman–Crippen LogP) is 2.23. The van der Waals surface area contributed by atoms with Gasteiger partial charge in [0.15, 0.2) is 0 Å². The Morgan fingerprint density at radius 1 is 1.42 bits per heavy atom. The van der Waals surface area contributed by atoms with Crippen LogP contribution < -0.4 is 15.7 Å². The summed E-state index contributed by atoms with van der Waals surface area (Å²) >= 11 is 1.48. The van der Waals surface area contributed by atoms with E-state index >= 15 is 0 Å². The summed E-state index contributed by atoms with van der Waals surface area (Å²) in [6.45, 7) is 3.69. The molecule has 26 heavy (non-hydrogen) atoms. The molecular weight excluding hydrogens is 352 g/mol. The van der Waals surface area contributed by atoms with Crippen LogP contribution in [-0.2, 0) is 11.3 Å². The summed E-state index contributed by atoms with van der Waals surface area (Å²) in [6, 6.07) is 7.27. The summed E-state index contributed by atoms with van der Waals surface area (Å²) < 4.78 is 6.42. The second-order valence-corrected chi connectivity index (χ2v) is 6.91. The Morgan fingerprint density at radius 2 is 2.23 bits per heavy atom. The van der Waals surface area contributed by atoms with Crippen LogP contribution in [0.5, 0.6) is 5.75 Å². The highest BCUT2D eigenvalue weighted by Gasteiger charge is 2.13. The molecule has 3 rings (SSSR count). The van der Waals surface area contributed by atoms with E-state index in [-0.39, 0.29) is 12.1 Å². The van der Waals surface area contributed by atoms with E-state index in [9.17, 15) is 9.59 Å². The summed E-state index contributed by atoms with van der Waals surface area (Å²) in [5.74, 6) is 0.296. The van der Waals surface area contributed by atoms with Crippen molar-refractivity contribution >= 4 is 33.7 Å². The highest BCUT2D eigenvalue weighted by Crippen LogP contribution is 2.25. The average molecular weight is 370 g/mol. The van der Waals surface area contributed by atoms with Crippen molar-refractivity contribution in [1.82, 2.24) is 15.0 Å². The number of aromatic nitrogens is 2. The topological polar surface area (TPSA) is 85.6 Å². The van der Waals surface area contributed by atoms with E-state index in [4.69, 9.17) is 4.74 Å². The van der Waals surface area contributed by atoms with Crippen molar-refractivity contribution in [3.8, 4) is 5.75 Å². The third kappa shape index (κ3) is 3.65. The number of aryl methyl sites for hydroxylation is 2. The third-order valence-electron chi connectivity index (χ3n) is 3.97. The number of amides is 1. The number of thiophene rings is 1. The first-order valence-electron chi connectivity index (χ1n) is 7.90. The molecule has 0 saturated carbocycles. The number of methoxy groups -OCH3 is 1. The molecular formula is C18H18N4O3S. The molecule has 1 aromatic carbocycles. The summed E-state index contributed by atoms with van der Waals surface area (Å²) in [7, 11) is 1.58. The average Bonchev–Trinajstić information content (AvgIpc) is 2.92. The fraction of sp³-hybridized carbons (Fsp3) is 0.222. The number of carbonyl (C=O) groups is 1. The van der Waals surface area contributed by atoms with Gasteiger partial charge in [-0.1, -0.05) is 12.1 Å². The number of hydrogen-bond donors (Lipinski definition) is 1. The molecule has 0 atom stereocenters. The van der Waals surface area contributed by atoms with Gasteiger partial charge in [0.2, 0.25) is 0 Å². The van der Waals surface area contributed by atoms with Gasteiger partial charge in [0.05, 0.1) is 25.0 Å². The van der Waals surface area contributed by atoms with Gasteiger partial charge >= 0.3 is 0 Å². The fourth-order valence-electron chi connectivity index (χ4n) is 2.47. The smallest absolute Gasteiger partial charge is 0.262 e. The lowest BCUT2D eigenvalue weighted by molar-refractivity contribution is -0.121. The molecule has 8 heteroatoms. The van der Waals surface area contributed by atoms with Crippen molar-refractivity contribution in [1.29, 1.82) is 0 Å². The fourth-order valence-corrected chi connectivity index (χ4v) is 3.46. The maximum atomic E-state index is 12.6. The van der Waals surface area contributed by atoms with Gasteiger partial charge in [0.25, 0.3) is 11.5 Å². The van der Waals surface area contributed by atoms with Crippen LogP contribution in [0.15, 0.2) is 40.5 Å². The van der Waals surface area contributed by atoms with E-state index in [2.05, 4.69) is 15.5 Å². The standard InChI is InChI=1S/C18H18N4O3S/c1-11-12(2)26-17-16(11)18(24)22(10-19-17)9-15(23)21-20-8-13-5-4-6-14(7-13)25-3/h4-8,10H,9H2,1-3H3,(H,21,23). The lowest BCUT2D eigenvalue weighted by Crippen LogP contribution is -2.30. The Kier molecular flexibility index (Phi) is 5.13. The van der Waals surface area contributed by atoms with Gasteiger partial charge in [-0.2, -0.15) is 5.10 Å².